The molecule has 0 bridgehead atoms. The molecule has 92 valence electrons. The Kier molecular flexibility index (Phi) is 3.24. The highest BCUT2D eigenvalue weighted by Crippen LogP contribution is 2.35. The highest BCUT2D eigenvalue weighted by Gasteiger charge is 2.42. The zero-order chi connectivity index (χ0) is 11.8. The average Bonchev–Trinajstić information content (AvgIpc) is 2.63. The van der Waals surface area contributed by atoms with Crippen LogP contribution in [0.4, 0.5) is 0 Å². The largest absolute Gasteiger partial charge is 0.481 e. The second kappa shape index (κ2) is 4.36. The van der Waals surface area contributed by atoms with E-state index in [2.05, 4.69) is 11.8 Å². The van der Waals surface area contributed by atoms with Gasteiger partial charge in [-0.05, 0) is 51.5 Å². The van der Waals surface area contributed by atoms with Crippen LogP contribution in [0.1, 0.15) is 46.0 Å². The molecule has 3 nitrogen and oxygen atoms in total. The summed E-state index contributed by atoms with van der Waals surface area (Å²) in [6.45, 7) is 5.94. The fraction of sp³-hybridized carbons (Fsp3) is 0.923. The summed E-state index contributed by atoms with van der Waals surface area (Å²) in [5.41, 5.74) is -0.497. The van der Waals surface area contributed by atoms with Crippen molar-refractivity contribution in [2.45, 2.75) is 52.0 Å². The van der Waals surface area contributed by atoms with E-state index in [0.29, 0.717) is 6.04 Å². The lowest BCUT2D eigenvalue weighted by Gasteiger charge is -2.34. The van der Waals surface area contributed by atoms with E-state index in [1.165, 1.54) is 25.7 Å². The maximum atomic E-state index is 11.2. The zero-order valence-corrected chi connectivity index (χ0v) is 10.4. The van der Waals surface area contributed by atoms with Gasteiger partial charge < -0.3 is 5.11 Å². The molecule has 0 aromatic heterocycles. The summed E-state index contributed by atoms with van der Waals surface area (Å²) < 4.78 is 0. The molecular formula is C13H23NO2. The number of carbonyl (C=O) groups is 1. The monoisotopic (exact) mass is 225 g/mol. The van der Waals surface area contributed by atoms with Crippen LogP contribution >= 0.6 is 0 Å². The normalized spacial score (nSPS) is 41.1. The van der Waals surface area contributed by atoms with Crippen molar-refractivity contribution in [3.8, 4) is 0 Å². The summed E-state index contributed by atoms with van der Waals surface area (Å²) in [5, 5.41) is 9.20. The van der Waals surface area contributed by atoms with Gasteiger partial charge in [0.1, 0.15) is 0 Å². The van der Waals surface area contributed by atoms with E-state index in [9.17, 15) is 9.90 Å². The number of carboxylic acids is 1. The molecule has 0 radical (unpaired) electrons. The van der Waals surface area contributed by atoms with Crippen LogP contribution in [0.2, 0.25) is 0 Å². The summed E-state index contributed by atoms with van der Waals surface area (Å²) >= 11 is 0. The zero-order valence-electron chi connectivity index (χ0n) is 10.4. The number of hydrogen-bond donors (Lipinski definition) is 1. The van der Waals surface area contributed by atoms with Crippen LogP contribution < -0.4 is 0 Å². The average molecular weight is 225 g/mol. The third-order valence-electron chi connectivity index (χ3n) is 4.52. The first-order valence-electron chi connectivity index (χ1n) is 6.49. The molecule has 1 unspecified atom stereocenters. The summed E-state index contributed by atoms with van der Waals surface area (Å²) in [5.74, 6) is 0.240. The Balaban J connectivity index is 1.91. The van der Waals surface area contributed by atoms with Gasteiger partial charge in [0.15, 0.2) is 0 Å². The van der Waals surface area contributed by atoms with Gasteiger partial charge in [0.05, 0.1) is 5.41 Å². The van der Waals surface area contributed by atoms with E-state index in [-0.39, 0.29) is 0 Å². The Morgan fingerprint density at radius 3 is 2.44 bits per heavy atom. The van der Waals surface area contributed by atoms with Gasteiger partial charge in [-0.25, -0.2) is 0 Å². The molecule has 1 aliphatic carbocycles. The van der Waals surface area contributed by atoms with Crippen LogP contribution in [0.5, 0.6) is 0 Å². The molecule has 0 aromatic carbocycles. The van der Waals surface area contributed by atoms with E-state index in [4.69, 9.17) is 0 Å². The van der Waals surface area contributed by atoms with Gasteiger partial charge >= 0.3 is 5.97 Å². The van der Waals surface area contributed by atoms with Gasteiger partial charge in [-0.15, -0.1) is 0 Å². The first-order valence-corrected chi connectivity index (χ1v) is 6.49. The van der Waals surface area contributed by atoms with Gasteiger partial charge in [0, 0.05) is 12.6 Å². The minimum absolute atomic E-state index is 0.497. The molecule has 2 rings (SSSR count). The van der Waals surface area contributed by atoms with Crippen LogP contribution in [0, 0.1) is 11.3 Å². The maximum absolute atomic E-state index is 11.2. The van der Waals surface area contributed by atoms with Crippen LogP contribution in [-0.4, -0.2) is 35.1 Å². The van der Waals surface area contributed by atoms with Gasteiger partial charge in [-0.2, -0.15) is 0 Å². The van der Waals surface area contributed by atoms with E-state index in [0.717, 1.165) is 25.4 Å². The van der Waals surface area contributed by atoms with Crippen LogP contribution in [-0.2, 0) is 4.79 Å². The lowest BCUT2D eigenvalue weighted by Crippen LogP contribution is -2.39. The predicted molar refractivity (Wildman–Crippen MR) is 63.4 cm³/mol. The third kappa shape index (κ3) is 2.24. The lowest BCUT2D eigenvalue weighted by molar-refractivity contribution is -0.147. The van der Waals surface area contributed by atoms with Gasteiger partial charge in [-0.1, -0.05) is 6.92 Å². The minimum atomic E-state index is -0.626. The number of aliphatic carboxylic acids is 1. The molecule has 16 heavy (non-hydrogen) atoms. The quantitative estimate of drug-likeness (QED) is 0.784. The molecular weight excluding hydrogens is 202 g/mol. The topological polar surface area (TPSA) is 40.5 Å². The number of nitrogens with zero attached hydrogens (tertiary/aromatic N) is 1. The van der Waals surface area contributed by atoms with Crippen molar-refractivity contribution in [3.05, 3.63) is 0 Å². The Labute approximate surface area is 97.8 Å². The minimum Gasteiger partial charge on any atom is -0.481 e. The summed E-state index contributed by atoms with van der Waals surface area (Å²) in [6, 6.07) is 0.650. The molecule has 1 heterocycles. The van der Waals surface area contributed by atoms with Crippen molar-refractivity contribution in [2.75, 3.05) is 13.1 Å². The van der Waals surface area contributed by atoms with Gasteiger partial charge in [-0.3, -0.25) is 9.69 Å². The molecule has 3 heteroatoms. The first kappa shape index (κ1) is 11.9. The number of rotatable bonds is 2. The lowest BCUT2D eigenvalue weighted by atomic mass is 9.86. The molecule has 1 saturated carbocycles. The van der Waals surface area contributed by atoms with Crippen LogP contribution in [0.15, 0.2) is 0 Å². The number of hydrogen-bond acceptors (Lipinski definition) is 2. The van der Waals surface area contributed by atoms with E-state index >= 15 is 0 Å². The van der Waals surface area contributed by atoms with Crippen LogP contribution in [0.3, 0.4) is 0 Å². The van der Waals surface area contributed by atoms with E-state index < -0.39 is 11.4 Å². The molecule has 1 saturated heterocycles. The van der Waals surface area contributed by atoms with Crippen molar-refractivity contribution < 1.29 is 9.90 Å². The predicted octanol–water partition coefficient (Wildman–Crippen LogP) is 2.36. The fourth-order valence-corrected chi connectivity index (χ4v) is 3.09. The van der Waals surface area contributed by atoms with Gasteiger partial charge in [0.25, 0.3) is 0 Å². The second-order valence-corrected chi connectivity index (χ2v) is 6.00. The van der Waals surface area contributed by atoms with Crippen molar-refractivity contribution in [3.63, 3.8) is 0 Å². The Hall–Kier alpha value is -0.570. The molecule has 0 amide bonds. The molecule has 0 aromatic rings. The van der Waals surface area contributed by atoms with Crippen molar-refractivity contribution >= 4 is 5.97 Å². The summed E-state index contributed by atoms with van der Waals surface area (Å²) in [7, 11) is 0. The SMILES string of the molecule is CC1CCC(N2CCC(C)(C(=O)O)C2)CC1. The van der Waals surface area contributed by atoms with E-state index in [1.807, 2.05) is 6.92 Å². The molecule has 2 fully saturated rings. The third-order valence-corrected chi connectivity index (χ3v) is 4.52. The molecule has 1 atom stereocenters. The molecule has 0 spiro atoms. The Morgan fingerprint density at radius 1 is 1.31 bits per heavy atom. The van der Waals surface area contributed by atoms with Crippen LogP contribution in [0.25, 0.3) is 0 Å². The second-order valence-electron chi connectivity index (χ2n) is 6.00. The van der Waals surface area contributed by atoms with E-state index in [1.54, 1.807) is 0 Å². The Morgan fingerprint density at radius 2 is 1.94 bits per heavy atom. The number of carboxylic acid groups (broad SMARTS) is 1. The van der Waals surface area contributed by atoms with Crippen molar-refractivity contribution in [1.29, 1.82) is 0 Å². The highest BCUT2D eigenvalue weighted by atomic mass is 16.4. The Bertz CT molecular complexity index is 271. The smallest absolute Gasteiger partial charge is 0.310 e. The molecule has 2 aliphatic rings. The fourth-order valence-electron chi connectivity index (χ4n) is 3.09. The standard InChI is InChI=1S/C13H23NO2/c1-10-3-5-11(6-4-10)14-8-7-13(2,9-14)12(15)16/h10-11H,3-9H2,1-2H3,(H,15,16). The van der Waals surface area contributed by atoms with Crippen molar-refractivity contribution in [1.82, 2.24) is 4.90 Å². The summed E-state index contributed by atoms with van der Waals surface area (Å²) in [4.78, 5) is 13.6. The number of likely N-dealkylation sites (tertiary alicyclic amines) is 1. The molecule has 1 N–H and O–H groups in total. The van der Waals surface area contributed by atoms with Crippen molar-refractivity contribution in [2.24, 2.45) is 11.3 Å². The maximum Gasteiger partial charge on any atom is 0.310 e. The summed E-state index contributed by atoms with van der Waals surface area (Å²) in [6.07, 6.45) is 5.96. The van der Waals surface area contributed by atoms with Gasteiger partial charge in [0.2, 0.25) is 0 Å². The molecule has 1 aliphatic heterocycles. The highest BCUT2D eigenvalue weighted by molar-refractivity contribution is 5.74. The first-order chi connectivity index (χ1) is 7.51.